The van der Waals surface area contributed by atoms with E-state index in [-0.39, 0.29) is 17.6 Å². The predicted octanol–water partition coefficient (Wildman–Crippen LogP) is 4.86. The fraction of sp³-hybridized carbons (Fsp3) is 0.407. The van der Waals surface area contributed by atoms with Crippen LogP contribution in [0.1, 0.15) is 72.8 Å². The van der Waals surface area contributed by atoms with Crippen molar-refractivity contribution in [1.82, 2.24) is 30.1 Å². The Kier molecular flexibility index (Phi) is 6.28. The van der Waals surface area contributed by atoms with Crippen LogP contribution in [-0.2, 0) is 6.54 Å². The second-order valence-corrected chi connectivity index (χ2v) is 9.40. The summed E-state index contributed by atoms with van der Waals surface area (Å²) >= 11 is 0. The van der Waals surface area contributed by atoms with E-state index in [1.807, 2.05) is 16.8 Å². The first-order chi connectivity index (χ1) is 16.6. The van der Waals surface area contributed by atoms with Gasteiger partial charge in [0.25, 0.3) is 5.56 Å². The number of aromatic amines is 1. The van der Waals surface area contributed by atoms with E-state index in [1.54, 1.807) is 0 Å². The van der Waals surface area contributed by atoms with Crippen molar-refractivity contribution in [3.05, 3.63) is 87.0 Å². The van der Waals surface area contributed by atoms with Crippen molar-refractivity contribution in [3.8, 4) is 0 Å². The highest BCUT2D eigenvalue weighted by Gasteiger charge is 2.32. The Morgan fingerprint density at radius 3 is 2.62 bits per heavy atom. The van der Waals surface area contributed by atoms with Crippen LogP contribution in [0.25, 0.3) is 10.9 Å². The number of nitrogens with zero attached hydrogens (tertiary/aromatic N) is 5. The molecule has 7 nitrogen and oxygen atoms in total. The second kappa shape index (κ2) is 9.50. The third-order valence-electron chi connectivity index (χ3n) is 7.31. The lowest BCUT2D eigenvalue weighted by atomic mass is 9.99. The smallest absolute Gasteiger partial charge is 0.253 e. The molecular formula is C27H32N6O. The van der Waals surface area contributed by atoms with Crippen molar-refractivity contribution in [2.24, 2.45) is 0 Å². The maximum absolute atomic E-state index is 13.6. The van der Waals surface area contributed by atoms with Crippen LogP contribution in [0.5, 0.6) is 0 Å². The summed E-state index contributed by atoms with van der Waals surface area (Å²) in [5.74, 6) is 0.748. The lowest BCUT2D eigenvalue weighted by Gasteiger charge is -2.30. The first-order valence-electron chi connectivity index (χ1n) is 12.3. The van der Waals surface area contributed by atoms with Gasteiger partial charge in [0.05, 0.1) is 11.6 Å². The van der Waals surface area contributed by atoms with Gasteiger partial charge in [0.2, 0.25) is 0 Å². The van der Waals surface area contributed by atoms with E-state index in [0.29, 0.717) is 12.1 Å². The Hall–Kier alpha value is -3.32. The van der Waals surface area contributed by atoms with Crippen LogP contribution < -0.4 is 5.56 Å². The molecular weight excluding hydrogens is 424 g/mol. The fourth-order valence-electron chi connectivity index (χ4n) is 5.24. The van der Waals surface area contributed by atoms with Crippen molar-refractivity contribution in [2.45, 2.75) is 65.1 Å². The zero-order valence-corrected chi connectivity index (χ0v) is 20.2. The van der Waals surface area contributed by atoms with Gasteiger partial charge in [-0.2, -0.15) is 0 Å². The highest BCUT2D eigenvalue weighted by molar-refractivity contribution is 5.83. The van der Waals surface area contributed by atoms with E-state index in [2.05, 4.69) is 82.6 Å². The molecule has 0 amide bonds. The van der Waals surface area contributed by atoms with Gasteiger partial charge >= 0.3 is 0 Å². The quantitative estimate of drug-likeness (QED) is 0.430. The zero-order valence-electron chi connectivity index (χ0n) is 20.2. The molecule has 0 unspecified atom stereocenters. The molecule has 0 radical (unpaired) electrons. The van der Waals surface area contributed by atoms with Crippen LogP contribution in [0.4, 0.5) is 0 Å². The highest BCUT2D eigenvalue weighted by atomic mass is 16.1. The third kappa shape index (κ3) is 4.16. The van der Waals surface area contributed by atoms with Crippen molar-refractivity contribution in [2.75, 3.05) is 6.54 Å². The summed E-state index contributed by atoms with van der Waals surface area (Å²) in [4.78, 5) is 19.1. The molecule has 2 aromatic carbocycles. The van der Waals surface area contributed by atoms with Gasteiger partial charge in [-0.25, -0.2) is 4.68 Å². The lowest BCUT2D eigenvalue weighted by molar-refractivity contribution is 0.210. The van der Waals surface area contributed by atoms with Gasteiger partial charge in [-0.3, -0.25) is 9.69 Å². The van der Waals surface area contributed by atoms with Gasteiger partial charge in [-0.05, 0) is 71.8 Å². The summed E-state index contributed by atoms with van der Waals surface area (Å²) in [6.07, 6.45) is 4.51. The summed E-state index contributed by atoms with van der Waals surface area (Å²) < 4.78 is 1.98. The highest BCUT2D eigenvalue weighted by Crippen LogP contribution is 2.34. The van der Waals surface area contributed by atoms with Crippen molar-refractivity contribution in [1.29, 1.82) is 0 Å². The molecule has 176 valence electrons. The number of H-pyrrole nitrogens is 1. The van der Waals surface area contributed by atoms with Crippen LogP contribution in [0.15, 0.2) is 53.3 Å². The molecule has 7 heteroatoms. The monoisotopic (exact) mass is 456 g/mol. The van der Waals surface area contributed by atoms with Gasteiger partial charge < -0.3 is 4.98 Å². The first kappa shape index (κ1) is 22.5. The minimum atomic E-state index is -0.351. The van der Waals surface area contributed by atoms with Crippen LogP contribution in [0, 0.1) is 13.8 Å². The zero-order chi connectivity index (χ0) is 23.7. The topological polar surface area (TPSA) is 79.7 Å². The second-order valence-electron chi connectivity index (χ2n) is 9.40. The molecule has 1 aliphatic rings. The minimum Gasteiger partial charge on any atom is -0.321 e. The van der Waals surface area contributed by atoms with Crippen LogP contribution in [0.2, 0.25) is 0 Å². The summed E-state index contributed by atoms with van der Waals surface area (Å²) in [5.41, 5.74) is 4.95. The Balaban J connectivity index is 1.67. The average Bonchev–Trinajstić information content (AvgIpc) is 3.55. The standard InChI is InChI=1S/C27H32N6O/c1-4-32(17-20-10-6-5-7-11-20)25(26-29-30-31-33(26)22-12-8-9-13-22)23-16-21-15-14-18(2)19(3)24(21)28-27(23)34/h5-7,10-11,14-16,22,25H,4,8-9,12-13,17H2,1-3H3,(H,28,34)/t25-/m1/s1. The van der Waals surface area contributed by atoms with E-state index in [9.17, 15) is 4.79 Å². The maximum atomic E-state index is 13.6. The Bertz CT molecular complexity index is 1340. The van der Waals surface area contributed by atoms with E-state index < -0.39 is 0 Å². The summed E-state index contributed by atoms with van der Waals surface area (Å²) in [7, 11) is 0. The SMILES string of the molecule is CCN(Cc1ccccc1)[C@H](c1cc2ccc(C)c(C)c2[nH]c1=O)c1nnnn1C1CCCC1. The molecule has 0 saturated heterocycles. The van der Waals surface area contributed by atoms with Crippen molar-refractivity contribution < 1.29 is 0 Å². The van der Waals surface area contributed by atoms with Gasteiger partial charge in [-0.15, -0.1) is 5.10 Å². The van der Waals surface area contributed by atoms with Gasteiger partial charge in [-0.1, -0.05) is 62.2 Å². The van der Waals surface area contributed by atoms with Crippen molar-refractivity contribution in [3.63, 3.8) is 0 Å². The molecule has 5 rings (SSSR count). The number of hydrogen-bond acceptors (Lipinski definition) is 5. The van der Waals surface area contributed by atoms with Gasteiger partial charge in [0.15, 0.2) is 5.82 Å². The van der Waals surface area contributed by atoms with E-state index >= 15 is 0 Å². The first-order valence-corrected chi connectivity index (χ1v) is 12.3. The third-order valence-corrected chi connectivity index (χ3v) is 7.31. The molecule has 4 aromatic rings. The summed E-state index contributed by atoms with van der Waals surface area (Å²) in [5, 5.41) is 14.0. The normalized spacial score (nSPS) is 15.4. The van der Waals surface area contributed by atoms with Crippen LogP contribution >= 0.6 is 0 Å². The number of pyridine rings is 1. The Labute approximate surface area is 199 Å². The number of fused-ring (bicyclic) bond motifs is 1. The molecule has 0 bridgehead atoms. The minimum absolute atomic E-state index is 0.0846. The molecule has 1 atom stereocenters. The molecule has 1 N–H and O–H groups in total. The Morgan fingerprint density at radius 1 is 1.12 bits per heavy atom. The Morgan fingerprint density at radius 2 is 1.88 bits per heavy atom. The maximum Gasteiger partial charge on any atom is 0.253 e. The summed E-state index contributed by atoms with van der Waals surface area (Å²) in [6, 6.07) is 16.5. The molecule has 34 heavy (non-hydrogen) atoms. The number of hydrogen-bond donors (Lipinski definition) is 1. The molecule has 2 aromatic heterocycles. The number of tetrazole rings is 1. The van der Waals surface area contributed by atoms with Gasteiger partial charge in [0.1, 0.15) is 6.04 Å². The number of benzene rings is 2. The molecule has 1 fully saturated rings. The largest absolute Gasteiger partial charge is 0.321 e. The molecule has 0 spiro atoms. The fourth-order valence-corrected chi connectivity index (χ4v) is 5.24. The average molecular weight is 457 g/mol. The number of aryl methyl sites for hydroxylation is 2. The van der Waals surface area contributed by atoms with E-state index in [4.69, 9.17) is 0 Å². The number of aromatic nitrogens is 5. The van der Waals surface area contributed by atoms with Crippen LogP contribution in [-0.4, -0.2) is 36.6 Å². The molecule has 1 saturated carbocycles. The summed E-state index contributed by atoms with van der Waals surface area (Å²) in [6.45, 7) is 7.70. The molecule has 1 aliphatic carbocycles. The number of rotatable bonds is 7. The van der Waals surface area contributed by atoms with Crippen LogP contribution in [0.3, 0.4) is 0 Å². The van der Waals surface area contributed by atoms with Crippen molar-refractivity contribution >= 4 is 10.9 Å². The van der Waals surface area contributed by atoms with E-state index in [1.165, 1.54) is 18.4 Å². The number of nitrogens with one attached hydrogen (secondary N) is 1. The van der Waals surface area contributed by atoms with E-state index in [0.717, 1.165) is 47.2 Å². The van der Waals surface area contributed by atoms with Gasteiger partial charge in [0, 0.05) is 12.1 Å². The molecule has 0 aliphatic heterocycles. The molecule has 2 heterocycles. The predicted molar refractivity (Wildman–Crippen MR) is 134 cm³/mol. The lowest BCUT2D eigenvalue weighted by Crippen LogP contribution is -2.35.